The van der Waals surface area contributed by atoms with E-state index >= 15 is 0 Å². The van der Waals surface area contributed by atoms with Crippen molar-refractivity contribution < 1.29 is 19.4 Å². The van der Waals surface area contributed by atoms with Crippen molar-refractivity contribution in [3.05, 3.63) is 35.9 Å². The topological polar surface area (TPSA) is 85.3 Å². The van der Waals surface area contributed by atoms with Crippen molar-refractivity contribution in [3.8, 4) is 0 Å². The first-order valence-corrected chi connectivity index (χ1v) is 11.0. The number of rotatable bonds is 9. The standard InChI is InChI=1S/C23H36N4O4/c1-25(2)23(19-7-5-4-6-8-19)11-9-22(10-12-23)18-26(17-20(29)24-13-15-28)21(30)27(22)14-16-31-3/h4-8,28H,9-18H2,1-3H3,(H,24,29). The second kappa shape index (κ2) is 9.97. The van der Waals surface area contributed by atoms with E-state index in [1.165, 1.54) is 5.56 Å². The van der Waals surface area contributed by atoms with Gasteiger partial charge in [0.15, 0.2) is 0 Å². The van der Waals surface area contributed by atoms with Crippen LogP contribution in [0.15, 0.2) is 30.3 Å². The van der Waals surface area contributed by atoms with E-state index in [1.54, 1.807) is 12.0 Å². The summed E-state index contributed by atoms with van der Waals surface area (Å²) >= 11 is 0. The molecule has 2 fully saturated rings. The first kappa shape index (κ1) is 23.5. The first-order valence-electron chi connectivity index (χ1n) is 11.0. The minimum atomic E-state index is -0.291. The fourth-order valence-electron chi connectivity index (χ4n) is 5.24. The lowest BCUT2D eigenvalue weighted by molar-refractivity contribution is -0.121. The number of urea groups is 1. The van der Waals surface area contributed by atoms with Crippen LogP contribution in [0.4, 0.5) is 4.79 Å². The van der Waals surface area contributed by atoms with Crippen molar-refractivity contribution >= 4 is 11.9 Å². The Kier molecular flexibility index (Phi) is 7.56. The highest BCUT2D eigenvalue weighted by molar-refractivity contribution is 5.86. The van der Waals surface area contributed by atoms with Crippen LogP contribution >= 0.6 is 0 Å². The van der Waals surface area contributed by atoms with Gasteiger partial charge in [0.05, 0.1) is 18.8 Å². The van der Waals surface area contributed by atoms with Gasteiger partial charge in [0.25, 0.3) is 0 Å². The van der Waals surface area contributed by atoms with Gasteiger partial charge >= 0.3 is 6.03 Å². The van der Waals surface area contributed by atoms with Gasteiger partial charge < -0.3 is 25.0 Å². The van der Waals surface area contributed by atoms with Crippen LogP contribution in [0.25, 0.3) is 0 Å². The summed E-state index contributed by atoms with van der Waals surface area (Å²) in [6, 6.07) is 10.5. The van der Waals surface area contributed by atoms with E-state index in [0.717, 1.165) is 25.7 Å². The molecule has 0 aromatic heterocycles. The molecule has 1 aromatic carbocycles. The van der Waals surface area contributed by atoms with E-state index < -0.39 is 0 Å². The fraction of sp³-hybridized carbons (Fsp3) is 0.652. The van der Waals surface area contributed by atoms with Gasteiger partial charge in [-0.25, -0.2) is 4.79 Å². The lowest BCUT2D eigenvalue weighted by Crippen LogP contribution is -2.56. The molecule has 1 aliphatic heterocycles. The fourth-order valence-corrected chi connectivity index (χ4v) is 5.24. The van der Waals surface area contributed by atoms with Gasteiger partial charge in [-0.2, -0.15) is 0 Å². The van der Waals surface area contributed by atoms with Gasteiger partial charge in [0, 0.05) is 32.3 Å². The third-order valence-corrected chi connectivity index (χ3v) is 7.02. The number of methoxy groups -OCH3 is 1. The Balaban J connectivity index is 1.80. The van der Waals surface area contributed by atoms with Crippen molar-refractivity contribution in [2.75, 3.05) is 60.6 Å². The first-order chi connectivity index (χ1) is 14.9. The lowest BCUT2D eigenvalue weighted by atomic mass is 9.68. The Morgan fingerprint density at radius 3 is 2.45 bits per heavy atom. The van der Waals surface area contributed by atoms with Crippen LogP contribution in [0.1, 0.15) is 31.2 Å². The summed E-state index contributed by atoms with van der Waals surface area (Å²) < 4.78 is 5.28. The van der Waals surface area contributed by atoms with Crippen LogP contribution in [0, 0.1) is 0 Å². The van der Waals surface area contributed by atoms with Crippen molar-refractivity contribution in [2.24, 2.45) is 0 Å². The molecule has 2 N–H and O–H groups in total. The van der Waals surface area contributed by atoms with Crippen LogP contribution in [0.5, 0.6) is 0 Å². The van der Waals surface area contributed by atoms with E-state index in [2.05, 4.69) is 48.6 Å². The zero-order chi connectivity index (χ0) is 22.5. The number of carbonyl (C=O) groups excluding carboxylic acids is 2. The summed E-state index contributed by atoms with van der Waals surface area (Å²) in [4.78, 5) is 31.3. The Morgan fingerprint density at radius 2 is 1.87 bits per heavy atom. The molecule has 1 saturated heterocycles. The van der Waals surface area contributed by atoms with E-state index in [0.29, 0.717) is 19.7 Å². The quantitative estimate of drug-likeness (QED) is 0.614. The maximum Gasteiger partial charge on any atom is 0.321 e. The van der Waals surface area contributed by atoms with E-state index in [1.807, 2.05) is 11.0 Å². The molecular formula is C23H36N4O4. The van der Waals surface area contributed by atoms with Gasteiger partial charge in [-0.1, -0.05) is 30.3 Å². The SMILES string of the molecule is COCCN1C(=O)N(CC(=O)NCCO)CC12CCC(c1ccccc1)(N(C)C)CC2. The molecule has 1 heterocycles. The van der Waals surface area contributed by atoms with Gasteiger partial charge in [0.2, 0.25) is 5.91 Å². The van der Waals surface area contributed by atoms with Crippen molar-refractivity contribution in [1.29, 1.82) is 0 Å². The normalized spacial score (nSPS) is 26.2. The molecule has 3 rings (SSSR count). The number of aliphatic hydroxyl groups excluding tert-OH is 1. The zero-order valence-electron chi connectivity index (χ0n) is 19.0. The molecule has 1 spiro atoms. The van der Waals surface area contributed by atoms with Gasteiger partial charge in [-0.05, 0) is 45.3 Å². The minimum absolute atomic E-state index is 0.0155. The number of hydrogen-bond acceptors (Lipinski definition) is 5. The number of hydrogen-bond donors (Lipinski definition) is 2. The smallest absolute Gasteiger partial charge is 0.321 e. The summed E-state index contributed by atoms with van der Waals surface area (Å²) in [5, 5.41) is 11.6. The molecule has 1 aliphatic carbocycles. The van der Waals surface area contributed by atoms with Crippen LogP contribution in [0.2, 0.25) is 0 Å². The third-order valence-electron chi connectivity index (χ3n) is 7.02. The molecule has 0 radical (unpaired) electrons. The highest BCUT2D eigenvalue weighted by atomic mass is 16.5. The number of carbonyl (C=O) groups is 2. The van der Waals surface area contributed by atoms with Crippen LogP contribution in [-0.4, -0.2) is 97.9 Å². The van der Waals surface area contributed by atoms with E-state index in [4.69, 9.17) is 9.84 Å². The van der Waals surface area contributed by atoms with E-state index in [-0.39, 0.29) is 42.7 Å². The lowest BCUT2D eigenvalue weighted by Gasteiger charge is -2.51. The Morgan fingerprint density at radius 1 is 1.19 bits per heavy atom. The molecule has 1 saturated carbocycles. The second-order valence-corrected chi connectivity index (χ2v) is 8.87. The molecule has 2 aliphatic rings. The molecule has 172 valence electrons. The second-order valence-electron chi connectivity index (χ2n) is 8.87. The maximum atomic E-state index is 13.2. The summed E-state index contributed by atoms with van der Waals surface area (Å²) in [6.07, 6.45) is 3.60. The average Bonchev–Trinajstić information content (AvgIpc) is 3.02. The highest BCUT2D eigenvalue weighted by Gasteiger charge is 2.54. The van der Waals surface area contributed by atoms with Crippen molar-refractivity contribution in [2.45, 2.75) is 36.8 Å². The minimum Gasteiger partial charge on any atom is -0.395 e. The largest absolute Gasteiger partial charge is 0.395 e. The molecule has 0 bridgehead atoms. The molecule has 8 heteroatoms. The number of aliphatic hydroxyl groups is 1. The Labute approximate surface area is 185 Å². The summed E-state index contributed by atoms with van der Waals surface area (Å²) in [7, 11) is 5.90. The number of benzene rings is 1. The van der Waals surface area contributed by atoms with Crippen LogP contribution in [0.3, 0.4) is 0 Å². The number of ether oxygens (including phenoxy) is 1. The van der Waals surface area contributed by atoms with Crippen LogP contribution < -0.4 is 5.32 Å². The maximum absolute atomic E-state index is 13.2. The monoisotopic (exact) mass is 432 g/mol. The molecular weight excluding hydrogens is 396 g/mol. The van der Waals surface area contributed by atoms with Crippen molar-refractivity contribution in [1.82, 2.24) is 20.0 Å². The summed E-state index contributed by atoms with van der Waals surface area (Å²) in [5.41, 5.74) is 0.957. The number of amides is 3. The number of nitrogens with zero attached hydrogens (tertiary/aromatic N) is 3. The van der Waals surface area contributed by atoms with Crippen LogP contribution in [-0.2, 0) is 15.1 Å². The molecule has 8 nitrogen and oxygen atoms in total. The predicted molar refractivity (Wildman–Crippen MR) is 119 cm³/mol. The Bertz CT molecular complexity index is 747. The summed E-state index contributed by atoms with van der Waals surface area (Å²) in [5.74, 6) is -0.242. The van der Waals surface area contributed by atoms with E-state index in [9.17, 15) is 9.59 Å². The Hall–Kier alpha value is -2.16. The van der Waals surface area contributed by atoms with Gasteiger partial charge in [-0.15, -0.1) is 0 Å². The van der Waals surface area contributed by atoms with Crippen molar-refractivity contribution in [3.63, 3.8) is 0 Å². The summed E-state index contributed by atoms with van der Waals surface area (Å²) in [6.45, 7) is 1.62. The third kappa shape index (κ3) is 4.71. The molecule has 1 aromatic rings. The molecule has 3 amide bonds. The zero-order valence-corrected chi connectivity index (χ0v) is 19.0. The molecule has 0 unspecified atom stereocenters. The molecule has 31 heavy (non-hydrogen) atoms. The predicted octanol–water partition coefficient (Wildman–Crippen LogP) is 1.25. The average molecular weight is 433 g/mol. The highest BCUT2D eigenvalue weighted by Crippen LogP contribution is 2.48. The van der Waals surface area contributed by atoms with Gasteiger partial charge in [0.1, 0.15) is 6.54 Å². The number of nitrogens with one attached hydrogen (secondary N) is 1. The molecule has 0 atom stereocenters. The van der Waals surface area contributed by atoms with Gasteiger partial charge in [-0.3, -0.25) is 9.69 Å².